The van der Waals surface area contributed by atoms with Gasteiger partial charge in [0.15, 0.2) is 0 Å². The Morgan fingerprint density at radius 3 is 1.50 bits per heavy atom. The van der Waals surface area contributed by atoms with Gasteiger partial charge in [0.25, 0.3) is 0 Å². The van der Waals surface area contributed by atoms with Gasteiger partial charge in [-0.1, -0.05) is 52.0 Å². The van der Waals surface area contributed by atoms with Crippen molar-refractivity contribution in [1.82, 2.24) is 0 Å². The molecule has 0 heterocycles. The third-order valence-electron chi connectivity index (χ3n) is 6.03. The molecule has 0 aromatic heterocycles. The zero-order valence-electron chi connectivity index (χ0n) is 12.6. The maximum absolute atomic E-state index is 4.11. The predicted molar refractivity (Wildman–Crippen MR) is 82.5 cm³/mol. The van der Waals surface area contributed by atoms with Gasteiger partial charge in [-0.3, -0.25) is 0 Å². The van der Waals surface area contributed by atoms with E-state index in [1.807, 2.05) is 12.2 Å². The monoisotopic (exact) mass is 244 g/mol. The lowest BCUT2D eigenvalue weighted by Gasteiger charge is -2.64. The summed E-state index contributed by atoms with van der Waals surface area (Å²) < 4.78 is 0. The third kappa shape index (κ3) is 1.44. The smallest absolute Gasteiger partial charge is 0.0238 e. The second-order valence-electron chi connectivity index (χ2n) is 6.73. The number of rotatable bonds is 4. The van der Waals surface area contributed by atoms with Crippen LogP contribution in [0.4, 0.5) is 0 Å². The van der Waals surface area contributed by atoms with Crippen LogP contribution in [0.15, 0.2) is 50.6 Å². The Balaban J connectivity index is 3.64. The van der Waals surface area contributed by atoms with Gasteiger partial charge < -0.3 is 0 Å². The zero-order chi connectivity index (χ0) is 14.2. The molecule has 0 spiro atoms. The molecular formula is C18H28. The summed E-state index contributed by atoms with van der Waals surface area (Å²) in [6.07, 6.45) is 10.4. The van der Waals surface area contributed by atoms with Gasteiger partial charge in [0.2, 0.25) is 0 Å². The van der Waals surface area contributed by atoms with Crippen LogP contribution in [0.2, 0.25) is 0 Å². The average Bonchev–Trinajstić information content (AvgIpc) is 2.33. The van der Waals surface area contributed by atoms with Gasteiger partial charge in [0.05, 0.1) is 0 Å². The molecule has 0 N–H and O–H groups in total. The summed E-state index contributed by atoms with van der Waals surface area (Å²) in [5, 5.41) is 0. The first-order chi connectivity index (χ1) is 8.20. The van der Waals surface area contributed by atoms with Gasteiger partial charge >= 0.3 is 0 Å². The molecule has 0 radical (unpaired) electrons. The van der Waals surface area contributed by atoms with E-state index in [-0.39, 0.29) is 21.7 Å². The molecule has 0 atom stereocenters. The fourth-order valence-electron chi connectivity index (χ4n) is 3.78. The van der Waals surface area contributed by atoms with Crippen LogP contribution in [0.5, 0.6) is 0 Å². The fourth-order valence-corrected chi connectivity index (χ4v) is 3.78. The molecule has 0 heteroatoms. The highest BCUT2D eigenvalue weighted by Crippen LogP contribution is 2.68. The van der Waals surface area contributed by atoms with Gasteiger partial charge in [-0.05, 0) is 23.7 Å². The average molecular weight is 244 g/mol. The number of hydrogen-bond donors (Lipinski definition) is 0. The van der Waals surface area contributed by atoms with E-state index in [9.17, 15) is 0 Å². The molecule has 1 aliphatic rings. The van der Waals surface area contributed by atoms with E-state index >= 15 is 0 Å². The van der Waals surface area contributed by atoms with Crippen LogP contribution in [-0.2, 0) is 0 Å². The first kappa shape index (κ1) is 15.0. The van der Waals surface area contributed by atoms with E-state index in [1.165, 1.54) is 0 Å². The van der Waals surface area contributed by atoms with E-state index in [4.69, 9.17) is 0 Å². The van der Waals surface area contributed by atoms with Crippen LogP contribution >= 0.6 is 0 Å². The van der Waals surface area contributed by atoms with Crippen molar-refractivity contribution in [2.75, 3.05) is 0 Å². The van der Waals surface area contributed by atoms with Crippen molar-refractivity contribution in [1.29, 1.82) is 0 Å². The summed E-state index contributed by atoms with van der Waals surface area (Å²) in [4.78, 5) is 0. The van der Waals surface area contributed by atoms with Crippen LogP contribution < -0.4 is 0 Å². The zero-order valence-corrected chi connectivity index (χ0v) is 12.6. The molecule has 100 valence electrons. The minimum absolute atomic E-state index is 0.0458. The molecule has 18 heavy (non-hydrogen) atoms. The highest BCUT2D eigenvalue weighted by molar-refractivity contribution is 5.33. The molecule has 0 unspecified atom stereocenters. The Morgan fingerprint density at radius 2 is 1.17 bits per heavy atom. The molecule has 0 aromatic rings. The number of hydrogen-bond acceptors (Lipinski definition) is 0. The Kier molecular flexibility index (Phi) is 3.55. The molecule has 1 fully saturated rings. The second-order valence-corrected chi connectivity index (χ2v) is 6.73. The van der Waals surface area contributed by atoms with Crippen LogP contribution in [0.25, 0.3) is 0 Å². The Morgan fingerprint density at radius 1 is 0.722 bits per heavy atom. The molecule has 1 rings (SSSR count). The molecule has 0 aromatic carbocycles. The molecule has 1 aliphatic carbocycles. The fraction of sp³-hybridized carbons (Fsp3) is 0.556. The Hall–Kier alpha value is -1.04. The van der Waals surface area contributed by atoms with Crippen LogP contribution in [-0.4, -0.2) is 0 Å². The summed E-state index contributed by atoms with van der Waals surface area (Å²) >= 11 is 0. The van der Waals surface area contributed by atoms with Crippen LogP contribution in [0.3, 0.4) is 0 Å². The third-order valence-corrected chi connectivity index (χ3v) is 6.03. The summed E-state index contributed by atoms with van der Waals surface area (Å²) in [6.45, 7) is 25.7. The van der Waals surface area contributed by atoms with Crippen molar-refractivity contribution < 1.29 is 0 Å². The molecule has 1 saturated carbocycles. The van der Waals surface area contributed by atoms with Gasteiger partial charge in [-0.2, -0.15) is 0 Å². The topological polar surface area (TPSA) is 0 Å². The van der Waals surface area contributed by atoms with Crippen molar-refractivity contribution >= 4 is 0 Å². The first-order valence-electron chi connectivity index (χ1n) is 6.74. The SMILES string of the molecule is C=CC1(C=C)CCC(C)(C)C(C)(C)C1(C=C)C=C. The Labute approximate surface area is 113 Å². The molecule has 0 bridgehead atoms. The molecule has 0 saturated heterocycles. The molecule has 0 aliphatic heterocycles. The minimum Gasteiger partial charge on any atom is -0.102 e. The lowest BCUT2D eigenvalue weighted by atomic mass is 9.39. The lowest BCUT2D eigenvalue weighted by molar-refractivity contribution is -0.0819. The van der Waals surface area contributed by atoms with Gasteiger partial charge in [0, 0.05) is 10.8 Å². The van der Waals surface area contributed by atoms with E-state index in [0.717, 1.165) is 12.8 Å². The summed E-state index contributed by atoms with van der Waals surface area (Å²) in [5.74, 6) is 0. The van der Waals surface area contributed by atoms with E-state index in [0.29, 0.717) is 0 Å². The predicted octanol–water partition coefficient (Wildman–Crippen LogP) is 5.55. The van der Waals surface area contributed by atoms with Crippen molar-refractivity contribution in [3.8, 4) is 0 Å². The van der Waals surface area contributed by atoms with E-state index in [1.54, 1.807) is 0 Å². The molecule has 0 nitrogen and oxygen atoms in total. The van der Waals surface area contributed by atoms with Crippen LogP contribution in [0, 0.1) is 21.7 Å². The van der Waals surface area contributed by atoms with Gasteiger partial charge in [-0.15, -0.1) is 26.3 Å². The molecular weight excluding hydrogens is 216 g/mol. The highest BCUT2D eigenvalue weighted by Gasteiger charge is 2.61. The Bertz CT molecular complexity index is 363. The van der Waals surface area contributed by atoms with E-state index in [2.05, 4.69) is 66.2 Å². The van der Waals surface area contributed by atoms with Crippen molar-refractivity contribution in [2.45, 2.75) is 40.5 Å². The van der Waals surface area contributed by atoms with Gasteiger partial charge in [0.1, 0.15) is 0 Å². The maximum atomic E-state index is 4.11. The van der Waals surface area contributed by atoms with Crippen molar-refractivity contribution in [3.05, 3.63) is 50.6 Å². The summed E-state index contributed by atoms with van der Waals surface area (Å²) in [5.41, 5.74) is -0.0736. The highest BCUT2D eigenvalue weighted by atomic mass is 14.6. The van der Waals surface area contributed by atoms with Crippen LogP contribution in [0.1, 0.15) is 40.5 Å². The van der Waals surface area contributed by atoms with Crippen molar-refractivity contribution in [3.63, 3.8) is 0 Å². The largest absolute Gasteiger partial charge is 0.102 e. The minimum atomic E-state index is -0.203. The lowest BCUT2D eigenvalue weighted by Crippen LogP contribution is -2.57. The summed E-state index contributed by atoms with van der Waals surface area (Å²) in [6, 6.07) is 0. The second kappa shape index (κ2) is 4.26. The summed E-state index contributed by atoms with van der Waals surface area (Å²) in [7, 11) is 0. The quantitative estimate of drug-likeness (QED) is 0.569. The van der Waals surface area contributed by atoms with Crippen molar-refractivity contribution in [2.24, 2.45) is 21.7 Å². The number of allylic oxidation sites excluding steroid dienone is 4. The standard InChI is InChI=1S/C18H28/c1-9-17(10-2)14-13-15(5,6)16(7,8)18(17,11-3)12-4/h9-12H,1-4,13-14H2,5-8H3. The molecule has 0 amide bonds. The first-order valence-corrected chi connectivity index (χ1v) is 6.74. The maximum Gasteiger partial charge on any atom is 0.0238 e. The normalized spacial score (nSPS) is 26.9. The van der Waals surface area contributed by atoms with Gasteiger partial charge in [-0.25, -0.2) is 0 Å². The van der Waals surface area contributed by atoms with E-state index < -0.39 is 0 Å².